The molecule has 0 radical (unpaired) electrons. The Kier molecular flexibility index (Phi) is 7.91. The van der Waals surface area contributed by atoms with Crippen molar-refractivity contribution in [2.24, 2.45) is 5.92 Å². The van der Waals surface area contributed by atoms with Crippen LogP contribution in [-0.2, 0) is 9.47 Å². The smallest absolute Gasteiger partial charge is 0.167 e. The quantitative estimate of drug-likeness (QED) is 0.798. The minimum atomic E-state index is -0.158. The van der Waals surface area contributed by atoms with Gasteiger partial charge in [0.05, 0.1) is 0 Å². The van der Waals surface area contributed by atoms with Gasteiger partial charge in [-0.2, -0.15) is 0 Å². The maximum atomic E-state index is 5.79. The highest BCUT2D eigenvalue weighted by atomic mass is 16.5. The number of hydrogen-bond donors (Lipinski definition) is 1. The molecule has 5 heteroatoms. The van der Waals surface area contributed by atoms with E-state index >= 15 is 0 Å². The number of methoxy groups -OCH3 is 2. The average molecular weight is 338 g/mol. The number of hydrogen-bond acceptors (Lipinski definition) is 5. The Morgan fingerprint density at radius 3 is 2.67 bits per heavy atom. The number of nitrogens with zero attached hydrogens (tertiary/aromatic N) is 2. The van der Waals surface area contributed by atoms with Crippen LogP contribution >= 0.6 is 0 Å². The third-order valence-electron chi connectivity index (χ3n) is 5.39. The molecule has 2 rings (SSSR count). The number of fused-ring (bicyclic) bond motifs is 1. The Labute approximate surface area is 147 Å². The SMILES string of the molecule is CNC(OC)N1C(OC)CN(C)C2CCC[C@H](C)C/C=C\C=C\C21. The highest BCUT2D eigenvalue weighted by molar-refractivity contribution is 5.12. The van der Waals surface area contributed by atoms with Crippen molar-refractivity contribution in [2.45, 2.75) is 57.3 Å². The van der Waals surface area contributed by atoms with Gasteiger partial charge in [-0.05, 0) is 32.9 Å². The monoisotopic (exact) mass is 337 g/mol. The van der Waals surface area contributed by atoms with Crippen LogP contribution in [0.2, 0.25) is 0 Å². The summed E-state index contributed by atoms with van der Waals surface area (Å²) < 4.78 is 11.5. The summed E-state index contributed by atoms with van der Waals surface area (Å²) in [6.45, 7) is 3.24. The van der Waals surface area contributed by atoms with E-state index in [1.54, 1.807) is 14.2 Å². The van der Waals surface area contributed by atoms with Crippen LogP contribution in [0.4, 0.5) is 0 Å². The highest BCUT2D eigenvalue weighted by Gasteiger charge is 2.42. The third-order valence-corrected chi connectivity index (χ3v) is 5.39. The first-order valence-corrected chi connectivity index (χ1v) is 9.16. The second-order valence-electron chi connectivity index (χ2n) is 7.10. The molecule has 5 atom stereocenters. The molecule has 0 aromatic heterocycles. The predicted octanol–water partition coefficient (Wildman–Crippen LogP) is 2.42. The summed E-state index contributed by atoms with van der Waals surface area (Å²) in [4.78, 5) is 4.78. The van der Waals surface area contributed by atoms with E-state index in [-0.39, 0.29) is 18.6 Å². The molecule has 1 aliphatic heterocycles. The third kappa shape index (κ3) is 4.67. The molecule has 5 nitrogen and oxygen atoms in total. The van der Waals surface area contributed by atoms with Gasteiger partial charge < -0.3 is 9.47 Å². The van der Waals surface area contributed by atoms with E-state index in [0.29, 0.717) is 6.04 Å². The molecule has 1 N–H and O–H groups in total. The molecule has 0 aromatic rings. The first kappa shape index (κ1) is 19.6. The molecule has 0 spiro atoms. The molecule has 4 unspecified atom stereocenters. The predicted molar refractivity (Wildman–Crippen MR) is 98.6 cm³/mol. The molecule has 1 aliphatic carbocycles. The lowest BCUT2D eigenvalue weighted by atomic mass is 9.93. The van der Waals surface area contributed by atoms with E-state index in [2.05, 4.69) is 53.4 Å². The van der Waals surface area contributed by atoms with Crippen LogP contribution in [0.3, 0.4) is 0 Å². The van der Waals surface area contributed by atoms with Crippen LogP contribution in [0, 0.1) is 5.92 Å². The summed E-state index contributed by atoms with van der Waals surface area (Å²) in [5, 5.41) is 3.27. The fourth-order valence-corrected chi connectivity index (χ4v) is 4.00. The van der Waals surface area contributed by atoms with E-state index in [0.717, 1.165) is 18.9 Å². The number of rotatable bonds is 4. The first-order valence-electron chi connectivity index (χ1n) is 9.16. The minimum Gasteiger partial charge on any atom is -0.365 e. The Morgan fingerprint density at radius 1 is 1.21 bits per heavy atom. The van der Waals surface area contributed by atoms with Gasteiger partial charge in [-0.3, -0.25) is 10.2 Å². The summed E-state index contributed by atoms with van der Waals surface area (Å²) in [6.07, 6.45) is 13.7. The fraction of sp³-hybridized carbons (Fsp3) is 0.789. The zero-order chi connectivity index (χ0) is 17.5. The molecule has 0 aromatic carbocycles. The summed E-state index contributed by atoms with van der Waals surface area (Å²) in [5.74, 6) is 0.756. The number of piperazine rings is 1. The Morgan fingerprint density at radius 2 is 2.00 bits per heavy atom. The normalized spacial score (nSPS) is 37.2. The van der Waals surface area contributed by atoms with Crippen molar-refractivity contribution in [3.8, 4) is 0 Å². The topological polar surface area (TPSA) is 37.0 Å². The van der Waals surface area contributed by atoms with E-state index in [1.165, 1.54) is 19.3 Å². The van der Waals surface area contributed by atoms with Crippen molar-refractivity contribution < 1.29 is 9.47 Å². The molecule has 0 saturated carbocycles. The van der Waals surface area contributed by atoms with Crippen LogP contribution in [0.1, 0.15) is 32.6 Å². The van der Waals surface area contributed by atoms with Crippen LogP contribution in [0.15, 0.2) is 24.3 Å². The molecule has 0 bridgehead atoms. The van der Waals surface area contributed by atoms with Gasteiger partial charge in [-0.15, -0.1) is 0 Å². The number of allylic oxidation sites excluding steroid dienone is 3. The van der Waals surface area contributed by atoms with Gasteiger partial charge in [-0.1, -0.05) is 44.1 Å². The summed E-state index contributed by atoms with van der Waals surface area (Å²) in [7, 11) is 7.68. The molecule has 1 heterocycles. The van der Waals surface area contributed by atoms with Crippen molar-refractivity contribution in [1.29, 1.82) is 0 Å². The van der Waals surface area contributed by atoms with Crippen molar-refractivity contribution in [1.82, 2.24) is 15.1 Å². The minimum absolute atomic E-state index is 0.00586. The lowest BCUT2D eigenvalue weighted by Gasteiger charge is -2.51. The van der Waals surface area contributed by atoms with E-state index in [4.69, 9.17) is 9.47 Å². The number of nitrogens with one attached hydrogen (secondary N) is 1. The Bertz CT molecular complexity index is 423. The van der Waals surface area contributed by atoms with E-state index < -0.39 is 0 Å². The Balaban J connectivity index is 2.30. The van der Waals surface area contributed by atoms with Crippen LogP contribution < -0.4 is 5.32 Å². The van der Waals surface area contributed by atoms with Gasteiger partial charge in [0, 0.05) is 32.8 Å². The largest absolute Gasteiger partial charge is 0.365 e. The molecule has 1 fully saturated rings. The summed E-state index contributed by atoms with van der Waals surface area (Å²) in [5.41, 5.74) is 0. The lowest BCUT2D eigenvalue weighted by Crippen LogP contribution is -2.67. The average Bonchev–Trinajstić information content (AvgIpc) is 2.62. The van der Waals surface area contributed by atoms with Gasteiger partial charge in [0.2, 0.25) is 0 Å². The van der Waals surface area contributed by atoms with Crippen molar-refractivity contribution >= 4 is 0 Å². The summed E-state index contributed by atoms with van der Waals surface area (Å²) in [6, 6.07) is 0.724. The maximum Gasteiger partial charge on any atom is 0.167 e. The zero-order valence-corrected chi connectivity index (χ0v) is 15.9. The van der Waals surface area contributed by atoms with Crippen molar-refractivity contribution in [3.05, 3.63) is 24.3 Å². The zero-order valence-electron chi connectivity index (χ0n) is 15.9. The van der Waals surface area contributed by atoms with Crippen LogP contribution in [0.25, 0.3) is 0 Å². The highest BCUT2D eigenvalue weighted by Crippen LogP contribution is 2.29. The van der Waals surface area contributed by atoms with Gasteiger partial charge in [0.25, 0.3) is 0 Å². The van der Waals surface area contributed by atoms with E-state index in [1.807, 2.05) is 7.05 Å². The van der Waals surface area contributed by atoms with Gasteiger partial charge in [0.1, 0.15) is 6.23 Å². The van der Waals surface area contributed by atoms with Crippen molar-refractivity contribution in [2.75, 3.05) is 34.9 Å². The van der Waals surface area contributed by atoms with Crippen molar-refractivity contribution in [3.63, 3.8) is 0 Å². The molecule has 24 heavy (non-hydrogen) atoms. The molecule has 138 valence electrons. The molecule has 0 amide bonds. The summed E-state index contributed by atoms with van der Waals surface area (Å²) >= 11 is 0. The Hall–Kier alpha value is -0.720. The molecule has 1 saturated heterocycles. The van der Waals surface area contributed by atoms with E-state index in [9.17, 15) is 0 Å². The first-order chi connectivity index (χ1) is 11.6. The number of likely N-dealkylation sites (N-methyl/N-ethyl adjacent to an activating group) is 1. The molecular formula is C19H35N3O2. The molecule has 2 aliphatic rings. The molecular weight excluding hydrogens is 302 g/mol. The van der Waals surface area contributed by atoms with Crippen LogP contribution in [-0.4, -0.2) is 69.3 Å². The van der Waals surface area contributed by atoms with Gasteiger partial charge >= 0.3 is 0 Å². The maximum absolute atomic E-state index is 5.79. The van der Waals surface area contributed by atoms with Gasteiger partial charge in [-0.25, -0.2) is 4.90 Å². The second kappa shape index (κ2) is 9.68. The van der Waals surface area contributed by atoms with Gasteiger partial charge in [0.15, 0.2) is 6.35 Å². The van der Waals surface area contributed by atoms with Crippen LogP contribution in [0.5, 0.6) is 0 Å². The second-order valence-corrected chi connectivity index (χ2v) is 7.10. The lowest BCUT2D eigenvalue weighted by molar-refractivity contribution is -0.193. The number of ether oxygens (including phenoxy) is 2. The fourth-order valence-electron chi connectivity index (χ4n) is 4.00. The standard InChI is InChI=1S/C19H35N3O2/c1-15-10-7-6-8-12-17-16(13-9-11-15)21(3)14-18(23-4)22(17)19(20-2)24-5/h6-8,12,15-20H,9-11,13-14H2,1-5H3/b7-6-,12-8+/t15-,16?,17?,18?,19?/m1/s1.